The van der Waals surface area contributed by atoms with Gasteiger partial charge in [0.2, 0.25) is 0 Å². The first-order chi connectivity index (χ1) is 7.16. The summed E-state index contributed by atoms with van der Waals surface area (Å²) in [5.41, 5.74) is 12.0. The van der Waals surface area contributed by atoms with Gasteiger partial charge in [0.1, 0.15) is 5.82 Å². The molecule has 1 rings (SSSR count). The average molecular weight is 231 g/mol. The Bertz CT molecular complexity index is 317. The number of unbranched alkanes of at least 4 members (excludes halogenated alkanes) is 1. The molecule has 15 heavy (non-hydrogen) atoms. The summed E-state index contributed by atoms with van der Waals surface area (Å²) in [5.74, 6) is -0.413. The molecule has 4 N–H and O–H groups in total. The van der Waals surface area contributed by atoms with Crippen LogP contribution < -0.4 is 11.5 Å². The zero-order chi connectivity index (χ0) is 11.3. The van der Waals surface area contributed by atoms with Crippen LogP contribution in [0.5, 0.6) is 0 Å². The van der Waals surface area contributed by atoms with Crippen molar-refractivity contribution in [1.29, 1.82) is 0 Å². The molecule has 0 fully saturated rings. The van der Waals surface area contributed by atoms with E-state index in [9.17, 15) is 4.39 Å². The molecule has 1 atom stereocenters. The van der Waals surface area contributed by atoms with Gasteiger partial charge in [0, 0.05) is 6.04 Å². The Labute approximate surface area is 94.4 Å². The predicted molar refractivity (Wildman–Crippen MR) is 61.2 cm³/mol. The van der Waals surface area contributed by atoms with E-state index in [1.54, 1.807) is 12.1 Å². The molecule has 0 bridgehead atoms. The normalized spacial score (nSPS) is 12.8. The van der Waals surface area contributed by atoms with Crippen LogP contribution in [0.15, 0.2) is 18.2 Å². The molecule has 0 saturated carbocycles. The summed E-state index contributed by atoms with van der Waals surface area (Å²) < 4.78 is 13.1. The third kappa shape index (κ3) is 3.45. The highest BCUT2D eigenvalue weighted by Crippen LogP contribution is 2.26. The molecule has 0 unspecified atom stereocenters. The van der Waals surface area contributed by atoms with Crippen LogP contribution in [0.1, 0.15) is 30.9 Å². The Balaban J connectivity index is 2.65. The van der Waals surface area contributed by atoms with Gasteiger partial charge >= 0.3 is 0 Å². The average Bonchev–Trinajstić information content (AvgIpc) is 2.22. The minimum Gasteiger partial charge on any atom is -0.330 e. The van der Waals surface area contributed by atoms with Gasteiger partial charge in [-0.25, -0.2) is 4.39 Å². The van der Waals surface area contributed by atoms with Crippen LogP contribution in [0.2, 0.25) is 5.02 Å². The maximum Gasteiger partial charge on any atom is 0.142 e. The highest BCUT2D eigenvalue weighted by Gasteiger charge is 2.12. The van der Waals surface area contributed by atoms with Crippen LogP contribution in [0.25, 0.3) is 0 Å². The Morgan fingerprint density at radius 3 is 2.73 bits per heavy atom. The molecule has 1 aromatic rings. The van der Waals surface area contributed by atoms with Crippen molar-refractivity contribution in [2.45, 2.75) is 25.3 Å². The lowest BCUT2D eigenvalue weighted by molar-refractivity contribution is 0.580. The topological polar surface area (TPSA) is 52.0 Å². The maximum absolute atomic E-state index is 13.1. The molecule has 84 valence electrons. The molecule has 0 aliphatic rings. The molecule has 0 heterocycles. The van der Waals surface area contributed by atoms with Crippen LogP contribution in [-0.2, 0) is 0 Å². The van der Waals surface area contributed by atoms with Crippen molar-refractivity contribution in [2.24, 2.45) is 11.5 Å². The van der Waals surface area contributed by atoms with Gasteiger partial charge in [0.05, 0.1) is 5.02 Å². The van der Waals surface area contributed by atoms with E-state index in [0.717, 1.165) is 19.3 Å². The van der Waals surface area contributed by atoms with E-state index >= 15 is 0 Å². The van der Waals surface area contributed by atoms with Gasteiger partial charge in [0.25, 0.3) is 0 Å². The van der Waals surface area contributed by atoms with Gasteiger partial charge in [-0.3, -0.25) is 0 Å². The number of nitrogens with two attached hydrogens (primary N) is 2. The summed E-state index contributed by atoms with van der Waals surface area (Å²) in [6.07, 6.45) is 2.64. The van der Waals surface area contributed by atoms with Crippen LogP contribution in [0.4, 0.5) is 4.39 Å². The van der Waals surface area contributed by atoms with Crippen LogP contribution in [0, 0.1) is 5.82 Å². The quantitative estimate of drug-likeness (QED) is 0.764. The fourth-order valence-electron chi connectivity index (χ4n) is 1.47. The van der Waals surface area contributed by atoms with Crippen molar-refractivity contribution in [2.75, 3.05) is 6.54 Å². The summed E-state index contributed by atoms with van der Waals surface area (Å²) in [7, 11) is 0. The smallest absolute Gasteiger partial charge is 0.142 e. The molecule has 2 nitrogen and oxygen atoms in total. The monoisotopic (exact) mass is 230 g/mol. The van der Waals surface area contributed by atoms with Crippen LogP contribution >= 0.6 is 11.6 Å². The summed E-state index contributed by atoms with van der Waals surface area (Å²) in [6.45, 7) is 0.656. The molecular weight excluding hydrogens is 215 g/mol. The molecule has 0 radical (unpaired) electrons. The highest BCUT2D eigenvalue weighted by atomic mass is 35.5. The van der Waals surface area contributed by atoms with E-state index < -0.39 is 5.82 Å². The lowest BCUT2D eigenvalue weighted by Crippen LogP contribution is -2.12. The summed E-state index contributed by atoms with van der Waals surface area (Å²) in [4.78, 5) is 0. The van der Waals surface area contributed by atoms with Crippen molar-refractivity contribution < 1.29 is 4.39 Å². The van der Waals surface area contributed by atoms with Crippen LogP contribution in [0.3, 0.4) is 0 Å². The molecule has 1 aromatic carbocycles. The van der Waals surface area contributed by atoms with Crippen molar-refractivity contribution in [1.82, 2.24) is 0 Å². The summed E-state index contributed by atoms with van der Waals surface area (Å²) >= 11 is 5.82. The zero-order valence-corrected chi connectivity index (χ0v) is 9.30. The second kappa shape index (κ2) is 6.05. The third-order valence-electron chi connectivity index (χ3n) is 2.35. The highest BCUT2D eigenvalue weighted by molar-refractivity contribution is 6.31. The standard InChI is InChI=1S/C11H16ClFN2/c12-11-8(4-3-5-9(11)13)10(15)6-1-2-7-14/h3-5,10H,1-2,6-7,14-15H2/t10-/m1/s1. The van der Waals surface area contributed by atoms with E-state index in [1.807, 2.05) is 0 Å². The first-order valence-electron chi connectivity index (χ1n) is 5.06. The van der Waals surface area contributed by atoms with Gasteiger partial charge < -0.3 is 11.5 Å². The number of hydrogen-bond donors (Lipinski definition) is 2. The summed E-state index contributed by atoms with van der Waals surface area (Å²) in [5, 5.41) is 0.137. The molecule has 0 amide bonds. The molecule has 0 spiro atoms. The Morgan fingerprint density at radius 2 is 2.07 bits per heavy atom. The fraction of sp³-hybridized carbons (Fsp3) is 0.455. The number of benzene rings is 1. The largest absolute Gasteiger partial charge is 0.330 e. The summed E-state index contributed by atoms with van der Waals surface area (Å²) in [6, 6.07) is 4.51. The first-order valence-corrected chi connectivity index (χ1v) is 5.44. The van der Waals surface area contributed by atoms with Gasteiger partial charge in [-0.05, 0) is 31.0 Å². The Hall–Kier alpha value is -0.640. The molecular formula is C11H16ClFN2. The van der Waals surface area contributed by atoms with Gasteiger partial charge in [-0.1, -0.05) is 30.2 Å². The van der Waals surface area contributed by atoms with Crippen molar-refractivity contribution in [3.63, 3.8) is 0 Å². The molecule has 0 aliphatic carbocycles. The van der Waals surface area contributed by atoms with E-state index in [0.29, 0.717) is 12.1 Å². The second-order valence-corrected chi connectivity index (χ2v) is 3.91. The number of hydrogen-bond acceptors (Lipinski definition) is 2. The lowest BCUT2D eigenvalue weighted by Gasteiger charge is -2.13. The minimum atomic E-state index is -0.413. The van der Waals surface area contributed by atoms with Gasteiger partial charge in [-0.15, -0.1) is 0 Å². The van der Waals surface area contributed by atoms with Crippen LogP contribution in [-0.4, -0.2) is 6.54 Å². The Morgan fingerprint density at radius 1 is 1.33 bits per heavy atom. The Kier molecular flexibility index (Phi) is 5.02. The minimum absolute atomic E-state index is 0.137. The zero-order valence-electron chi connectivity index (χ0n) is 8.55. The first kappa shape index (κ1) is 12.4. The van der Waals surface area contributed by atoms with Gasteiger partial charge in [0.15, 0.2) is 0 Å². The van der Waals surface area contributed by atoms with E-state index in [1.165, 1.54) is 6.07 Å². The van der Waals surface area contributed by atoms with Crippen molar-refractivity contribution >= 4 is 11.6 Å². The van der Waals surface area contributed by atoms with E-state index in [2.05, 4.69) is 0 Å². The van der Waals surface area contributed by atoms with Crippen molar-refractivity contribution in [3.05, 3.63) is 34.6 Å². The molecule has 4 heteroatoms. The molecule has 0 aliphatic heterocycles. The van der Waals surface area contributed by atoms with Crippen molar-refractivity contribution in [3.8, 4) is 0 Å². The predicted octanol–water partition coefficient (Wildman–Crippen LogP) is 2.61. The van der Waals surface area contributed by atoms with E-state index in [-0.39, 0.29) is 11.1 Å². The maximum atomic E-state index is 13.1. The SMILES string of the molecule is NCCCC[C@@H](N)c1cccc(F)c1Cl. The number of halogens is 2. The fourth-order valence-corrected chi connectivity index (χ4v) is 1.74. The third-order valence-corrected chi connectivity index (χ3v) is 2.75. The molecule has 0 aromatic heterocycles. The van der Waals surface area contributed by atoms with Gasteiger partial charge in [-0.2, -0.15) is 0 Å². The molecule has 0 saturated heterocycles. The number of rotatable bonds is 5. The lowest BCUT2D eigenvalue weighted by atomic mass is 10.0. The second-order valence-electron chi connectivity index (χ2n) is 3.53. The van der Waals surface area contributed by atoms with E-state index in [4.69, 9.17) is 23.1 Å².